The number of rotatable bonds is 10. The minimum atomic E-state index is -0.808. The van der Waals surface area contributed by atoms with Crippen molar-refractivity contribution in [3.05, 3.63) is 47.0 Å². The number of carbonyl (C=O) groups excluding carboxylic acids is 3. The molecule has 0 spiro atoms. The van der Waals surface area contributed by atoms with Gasteiger partial charge in [0, 0.05) is 22.8 Å². The van der Waals surface area contributed by atoms with E-state index in [2.05, 4.69) is 10.6 Å². The molecule has 0 bridgehead atoms. The molecule has 172 valence electrons. The van der Waals surface area contributed by atoms with Crippen LogP contribution in [0, 0.1) is 0 Å². The summed E-state index contributed by atoms with van der Waals surface area (Å²) in [7, 11) is 4.35. The second kappa shape index (κ2) is 11.7. The van der Waals surface area contributed by atoms with E-state index in [0.717, 1.165) is 0 Å². The number of ether oxygens (including phenoxy) is 4. The van der Waals surface area contributed by atoms with E-state index < -0.39 is 30.6 Å². The topological polar surface area (TPSA) is 138 Å². The van der Waals surface area contributed by atoms with Gasteiger partial charge in [0.15, 0.2) is 18.1 Å². The van der Waals surface area contributed by atoms with E-state index in [1.54, 1.807) is 24.3 Å². The lowest BCUT2D eigenvalue weighted by atomic mass is 10.0. The number of hydrogen-bond donors (Lipinski definition) is 3. The van der Waals surface area contributed by atoms with E-state index in [1.165, 1.54) is 33.5 Å². The van der Waals surface area contributed by atoms with E-state index in [4.69, 9.17) is 36.3 Å². The van der Waals surface area contributed by atoms with Crippen LogP contribution in [-0.2, 0) is 14.3 Å². The van der Waals surface area contributed by atoms with Crippen LogP contribution in [0.5, 0.6) is 17.2 Å². The molecule has 1 atom stereocenters. The number of benzene rings is 2. The first kappa shape index (κ1) is 24.6. The minimum absolute atomic E-state index is 0.234. The van der Waals surface area contributed by atoms with Crippen LogP contribution in [0.15, 0.2) is 36.4 Å². The molecule has 0 saturated heterocycles. The van der Waals surface area contributed by atoms with Crippen LogP contribution in [0.1, 0.15) is 18.0 Å². The molecule has 0 fully saturated rings. The van der Waals surface area contributed by atoms with Crippen molar-refractivity contribution in [2.75, 3.05) is 33.3 Å². The Hall–Kier alpha value is -3.66. The molecule has 0 aromatic heterocycles. The van der Waals surface area contributed by atoms with Crippen molar-refractivity contribution in [2.24, 2.45) is 5.73 Å². The highest BCUT2D eigenvalue weighted by atomic mass is 35.5. The molecule has 2 aromatic rings. The Labute approximate surface area is 189 Å². The molecule has 3 amide bonds. The van der Waals surface area contributed by atoms with E-state index in [-0.39, 0.29) is 6.42 Å². The van der Waals surface area contributed by atoms with Gasteiger partial charge in [0.1, 0.15) is 0 Å². The first-order chi connectivity index (χ1) is 15.3. The molecular formula is C21H24ClN3O7. The van der Waals surface area contributed by atoms with Gasteiger partial charge in [0.2, 0.25) is 5.75 Å². The van der Waals surface area contributed by atoms with Gasteiger partial charge in [0.05, 0.1) is 33.8 Å². The van der Waals surface area contributed by atoms with Crippen molar-refractivity contribution < 1.29 is 33.3 Å². The summed E-state index contributed by atoms with van der Waals surface area (Å²) < 4.78 is 20.7. The summed E-state index contributed by atoms with van der Waals surface area (Å²) in [5.41, 5.74) is 6.15. The molecule has 4 N–H and O–H groups in total. The van der Waals surface area contributed by atoms with Gasteiger partial charge in [0.25, 0.3) is 5.91 Å². The van der Waals surface area contributed by atoms with Gasteiger partial charge in [-0.1, -0.05) is 23.7 Å². The van der Waals surface area contributed by atoms with Crippen LogP contribution in [-0.4, -0.2) is 45.8 Å². The van der Waals surface area contributed by atoms with Crippen molar-refractivity contribution >= 4 is 35.2 Å². The van der Waals surface area contributed by atoms with Crippen molar-refractivity contribution in [2.45, 2.75) is 12.5 Å². The number of hydrogen-bond acceptors (Lipinski definition) is 7. The molecule has 11 heteroatoms. The second-order valence-electron chi connectivity index (χ2n) is 6.44. The van der Waals surface area contributed by atoms with Gasteiger partial charge in [-0.15, -0.1) is 0 Å². The van der Waals surface area contributed by atoms with Crippen molar-refractivity contribution in [3.63, 3.8) is 0 Å². The average molecular weight is 466 g/mol. The average Bonchev–Trinajstić information content (AvgIpc) is 2.76. The van der Waals surface area contributed by atoms with Gasteiger partial charge in [-0.3, -0.25) is 9.59 Å². The number of halogens is 1. The summed E-state index contributed by atoms with van der Waals surface area (Å²) in [5, 5.41) is 5.55. The van der Waals surface area contributed by atoms with E-state index in [1.807, 2.05) is 0 Å². The maximum absolute atomic E-state index is 12.2. The Morgan fingerprint density at radius 1 is 1.00 bits per heavy atom. The van der Waals surface area contributed by atoms with Crippen molar-refractivity contribution in [3.8, 4) is 17.2 Å². The van der Waals surface area contributed by atoms with Crippen molar-refractivity contribution in [1.82, 2.24) is 5.32 Å². The number of nitrogens with two attached hydrogens (primary N) is 1. The Kier molecular flexibility index (Phi) is 8.96. The lowest BCUT2D eigenvalue weighted by Crippen LogP contribution is -2.35. The summed E-state index contributed by atoms with van der Waals surface area (Å²) in [6.07, 6.45) is -0.234. The summed E-state index contributed by atoms with van der Waals surface area (Å²) >= 11 is 5.86. The minimum Gasteiger partial charge on any atom is -0.493 e. The molecule has 0 aliphatic rings. The maximum Gasteiger partial charge on any atom is 0.312 e. The number of primary amides is 1. The third-order valence-corrected chi connectivity index (χ3v) is 4.52. The van der Waals surface area contributed by atoms with Crippen molar-refractivity contribution in [1.29, 1.82) is 0 Å². The standard InChI is InChI=1S/C21H24ClN3O7/c1-29-16-8-14(9-17(30-2)20(16)31-3)24-18(26)11-32-19(27)10-15(25-21(23)28)12-4-6-13(22)7-5-12/h4-9,15H,10-11H2,1-3H3,(H,24,26)(H3,23,25,28). The number of methoxy groups -OCH3 is 3. The molecular weight excluding hydrogens is 442 g/mol. The first-order valence-electron chi connectivity index (χ1n) is 9.34. The largest absolute Gasteiger partial charge is 0.493 e. The maximum atomic E-state index is 12.2. The smallest absolute Gasteiger partial charge is 0.312 e. The fourth-order valence-corrected chi connectivity index (χ4v) is 2.97. The van der Waals surface area contributed by atoms with Gasteiger partial charge >= 0.3 is 12.0 Å². The van der Waals surface area contributed by atoms with E-state index in [9.17, 15) is 14.4 Å². The van der Waals surface area contributed by atoms with Gasteiger partial charge in [-0.2, -0.15) is 0 Å². The number of anilines is 1. The fourth-order valence-electron chi connectivity index (χ4n) is 2.84. The Bertz CT molecular complexity index is 941. The first-order valence-corrected chi connectivity index (χ1v) is 9.72. The molecule has 32 heavy (non-hydrogen) atoms. The van der Waals surface area contributed by atoms with Crippen LogP contribution in [0.2, 0.25) is 5.02 Å². The monoisotopic (exact) mass is 465 g/mol. The lowest BCUT2D eigenvalue weighted by molar-refractivity contribution is -0.147. The fraction of sp³-hybridized carbons (Fsp3) is 0.286. The van der Waals surface area contributed by atoms with Crippen LogP contribution in [0.4, 0.5) is 10.5 Å². The predicted molar refractivity (Wildman–Crippen MR) is 117 cm³/mol. The normalized spacial score (nSPS) is 11.1. The number of carbonyl (C=O) groups is 3. The van der Waals surface area contributed by atoms with Crippen LogP contribution in [0.25, 0.3) is 0 Å². The lowest BCUT2D eigenvalue weighted by Gasteiger charge is -2.17. The van der Waals surface area contributed by atoms with E-state index >= 15 is 0 Å². The van der Waals surface area contributed by atoms with Gasteiger partial charge in [-0.25, -0.2) is 4.79 Å². The number of amides is 3. The highest BCUT2D eigenvalue weighted by molar-refractivity contribution is 6.30. The zero-order valence-electron chi connectivity index (χ0n) is 17.8. The highest BCUT2D eigenvalue weighted by Crippen LogP contribution is 2.39. The van der Waals surface area contributed by atoms with Crippen LogP contribution >= 0.6 is 11.6 Å². The summed E-state index contributed by atoms with van der Waals surface area (Å²) in [4.78, 5) is 35.8. The summed E-state index contributed by atoms with van der Waals surface area (Å²) in [5.74, 6) is -0.225. The molecule has 0 aliphatic heterocycles. The zero-order valence-corrected chi connectivity index (χ0v) is 18.5. The summed E-state index contributed by atoms with van der Waals surface area (Å²) in [6, 6.07) is 8.04. The van der Waals surface area contributed by atoms with Crippen LogP contribution < -0.4 is 30.6 Å². The molecule has 0 aliphatic carbocycles. The molecule has 1 unspecified atom stereocenters. The third kappa shape index (κ3) is 6.95. The quantitative estimate of drug-likeness (QED) is 0.458. The Morgan fingerprint density at radius 2 is 1.59 bits per heavy atom. The molecule has 2 rings (SSSR count). The highest BCUT2D eigenvalue weighted by Gasteiger charge is 2.20. The SMILES string of the molecule is COc1cc(NC(=O)COC(=O)CC(NC(N)=O)c2ccc(Cl)cc2)cc(OC)c1OC. The zero-order chi connectivity index (χ0) is 23.7. The molecule has 0 radical (unpaired) electrons. The second-order valence-corrected chi connectivity index (χ2v) is 6.88. The number of esters is 1. The number of nitrogens with one attached hydrogen (secondary N) is 2. The molecule has 0 saturated carbocycles. The van der Waals surface area contributed by atoms with E-state index in [0.29, 0.717) is 33.5 Å². The Morgan fingerprint density at radius 3 is 2.09 bits per heavy atom. The number of urea groups is 1. The molecule has 0 heterocycles. The van der Waals surface area contributed by atoms with Gasteiger partial charge in [-0.05, 0) is 17.7 Å². The molecule has 10 nitrogen and oxygen atoms in total. The summed E-state index contributed by atoms with van der Waals surface area (Å²) in [6.45, 7) is -0.542. The third-order valence-electron chi connectivity index (χ3n) is 4.27. The Balaban J connectivity index is 1.98. The predicted octanol–water partition coefficient (Wildman–Crippen LogP) is 2.65. The van der Waals surface area contributed by atoms with Crippen LogP contribution in [0.3, 0.4) is 0 Å². The molecule has 2 aromatic carbocycles. The van der Waals surface area contributed by atoms with Gasteiger partial charge < -0.3 is 35.3 Å².